The fourth-order valence-corrected chi connectivity index (χ4v) is 3.78. The van der Waals surface area contributed by atoms with Crippen molar-refractivity contribution in [2.24, 2.45) is 0 Å². The summed E-state index contributed by atoms with van der Waals surface area (Å²) in [6, 6.07) is 20.0. The van der Waals surface area contributed by atoms with Gasteiger partial charge in [0.25, 0.3) is 5.91 Å². The van der Waals surface area contributed by atoms with E-state index in [1.807, 2.05) is 18.2 Å². The summed E-state index contributed by atoms with van der Waals surface area (Å²) in [7, 11) is 0. The first kappa shape index (κ1) is 21.5. The number of pyridine rings is 1. The minimum absolute atomic E-state index is 0.0709. The summed E-state index contributed by atoms with van der Waals surface area (Å²) in [5.74, 6) is -0.421. The molecule has 2 N–H and O–H groups in total. The van der Waals surface area contributed by atoms with Gasteiger partial charge in [-0.1, -0.05) is 17.7 Å². The van der Waals surface area contributed by atoms with Gasteiger partial charge >= 0.3 is 0 Å². The third-order valence-electron chi connectivity index (χ3n) is 5.30. The minimum atomic E-state index is -0.425. The van der Waals surface area contributed by atoms with E-state index in [1.165, 1.54) is 17.0 Å². The number of hydrogen-bond acceptors (Lipinski definition) is 6. The van der Waals surface area contributed by atoms with E-state index >= 15 is 0 Å². The first-order valence-corrected chi connectivity index (χ1v) is 10.7. The molecular formula is C26H18ClN3O4. The first-order valence-electron chi connectivity index (χ1n) is 10.4. The van der Waals surface area contributed by atoms with Crippen molar-refractivity contribution in [1.82, 2.24) is 9.97 Å². The van der Waals surface area contributed by atoms with Crippen molar-refractivity contribution in [2.75, 3.05) is 4.90 Å². The zero-order valence-corrected chi connectivity index (χ0v) is 18.5. The van der Waals surface area contributed by atoms with Crippen LogP contribution >= 0.6 is 11.6 Å². The third kappa shape index (κ3) is 4.29. The number of benzene rings is 3. The Hall–Kier alpha value is -4.36. The molecule has 0 fully saturated rings. The molecular weight excluding hydrogens is 454 g/mol. The fraction of sp³-hybridized carbons (Fsp3) is 0.0385. The van der Waals surface area contributed by atoms with E-state index in [4.69, 9.17) is 16.0 Å². The Morgan fingerprint density at radius 1 is 1.00 bits per heavy atom. The summed E-state index contributed by atoms with van der Waals surface area (Å²) in [5, 5.41) is 20.4. The van der Waals surface area contributed by atoms with Gasteiger partial charge in [0.2, 0.25) is 5.89 Å². The van der Waals surface area contributed by atoms with Gasteiger partial charge in [-0.25, -0.2) is 4.98 Å². The van der Waals surface area contributed by atoms with Gasteiger partial charge in [0, 0.05) is 34.7 Å². The molecule has 8 heteroatoms. The number of aromatic hydroxyl groups is 2. The van der Waals surface area contributed by atoms with Crippen LogP contribution in [0, 0.1) is 0 Å². The number of halogens is 1. The van der Waals surface area contributed by atoms with E-state index in [9.17, 15) is 15.0 Å². The molecule has 1 amide bonds. The average molecular weight is 472 g/mol. The smallest absolute Gasteiger partial charge is 0.262 e. The van der Waals surface area contributed by atoms with Crippen molar-refractivity contribution in [1.29, 1.82) is 0 Å². The Morgan fingerprint density at radius 2 is 1.82 bits per heavy atom. The number of anilines is 1. The van der Waals surface area contributed by atoms with Crippen molar-refractivity contribution in [3.05, 3.63) is 101 Å². The highest BCUT2D eigenvalue weighted by molar-refractivity contribution is 6.31. The summed E-state index contributed by atoms with van der Waals surface area (Å²) >= 11 is 6.04. The first-order chi connectivity index (χ1) is 16.5. The van der Waals surface area contributed by atoms with E-state index in [-0.39, 0.29) is 23.6 Å². The number of aromatic nitrogens is 2. The fourth-order valence-electron chi connectivity index (χ4n) is 3.61. The van der Waals surface area contributed by atoms with E-state index in [0.717, 1.165) is 17.2 Å². The Bertz CT molecular complexity index is 1480. The monoisotopic (exact) mass is 471 g/mol. The zero-order chi connectivity index (χ0) is 23.7. The molecule has 34 heavy (non-hydrogen) atoms. The van der Waals surface area contributed by atoms with Crippen LogP contribution in [0.5, 0.6) is 11.5 Å². The van der Waals surface area contributed by atoms with E-state index in [0.29, 0.717) is 27.7 Å². The second-order valence-corrected chi connectivity index (χ2v) is 8.07. The molecule has 0 aliphatic carbocycles. The summed E-state index contributed by atoms with van der Waals surface area (Å²) in [4.78, 5) is 23.5. The number of phenolic OH excluding ortho intramolecular Hbond substituents is 2. The van der Waals surface area contributed by atoms with Gasteiger partial charge in [0.1, 0.15) is 17.0 Å². The number of carbonyl (C=O) groups excluding carboxylic acids is 1. The van der Waals surface area contributed by atoms with Crippen LogP contribution in [0.1, 0.15) is 15.9 Å². The molecule has 0 aliphatic heterocycles. The lowest BCUT2D eigenvalue weighted by atomic mass is 10.1. The number of rotatable bonds is 5. The minimum Gasteiger partial charge on any atom is -0.508 e. The molecule has 0 radical (unpaired) electrons. The van der Waals surface area contributed by atoms with Gasteiger partial charge in [0.05, 0.1) is 12.1 Å². The summed E-state index contributed by atoms with van der Waals surface area (Å²) in [6.07, 6.45) is 3.33. The van der Waals surface area contributed by atoms with Gasteiger partial charge in [-0.15, -0.1) is 0 Å². The molecule has 0 atom stereocenters. The molecule has 2 aromatic heterocycles. The molecule has 3 aromatic carbocycles. The molecule has 5 rings (SSSR count). The molecule has 0 aliphatic rings. The second-order valence-electron chi connectivity index (χ2n) is 7.63. The number of nitrogens with zero attached hydrogens (tertiary/aromatic N) is 3. The molecule has 0 spiro atoms. The molecule has 7 nitrogen and oxygen atoms in total. The van der Waals surface area contributed by atoms with Gasteiger partial charge in [-0.2, -0.15) is 0 Å². The molecule has 0 unspecified atom stereocenters. The lowest BCUT2D eigenvalue weighted by molar-refractivity contribution is 0.0982. The van der Waals surface area contributed by atoms with E-state index in [2.05, 4.69) is 9.97 Å². The summed E-state index contributed by atoms with van der Waals surface area (Å²) in [5.41, 5.74) is 3.50. The molecule has 168 valence electrons. The van der Waals surface area contributed by atoms with E-state index in [1.54, 1.807) is 48.8 Å². The SMILES string of the molecule is O=C(c1ccc(O)cc1O)N(Cc1cccnc1)c1ccc(-c2nc3cc(Cl)ccc3o2)cc1. The molecule has 2 heterocycles. The van der Waals surface area contributed by atoms with Crippen molar-refractivity contribution >= 4 is 34.3 Å². The highest BCUT2D eigenvalue weighted by atomic mass is 35.5. The maximum Gasteiger partial charge on any atom is 0.262 e. The molecule has 0 saturated heterocycles. The highest BCUT2D eigenvalue weighted by Gasteiger charge is 2.22. The van der Waals surface area contributed by atoms with Crippen LogP contribution in [-0.2, 0) is 6.54 Å². The van der Waals surface area contributed by atoms with Gasteiger partial charge in [0.15, 0.2) is 5.58 Å². The second kappa shape index (κ2) is 8.88. The van der Waals surface area contributed by atoms with Crippen molar-refractivity contribution in [2.45, 2.75) is 6.54 Å². The molecule has 0 bridgehead atoms. The number of amides is 1. The van der Waals surface area contributed by atoms with Gasteiger partial charge < -0.3 is 19.5 Å². The lowest BCUT2D eigenvalue weighted by Gasteiger charge is -2.23. The van der Waals surface area contributed by atoms with E-state index < -0.39 is 5.91 Å². The van der Waals surface area contributed by atoms with Crippen LogP contribution in [0.4, 0.5) is 5.69 Å². The number of carbonyl (C=O) groups is 1. The largest absolute Gasteiger partial charge is 0.508 e. The third-order valence-corrected chi connectivity index (χ3v) is 5.53. The topological polar surface area (TPSA) is 99.7 Å². The number of hydrogen-bond donors (Lipinski definition) is 2. The Labute approximate surface area is 199 Å². The number of phenols is 2. The normalized spacial score (nSPS) is 11.0. The van der Waals surface area contributed by atoms with Crippen LogP contribution in [0.15, 0.2) is 89.6 Å². The quantitative estimate of drug-likeness (QED) is 0.336. The van der Waals surface area contributed by atoms with Crippen LogP contribution < -0.4 is 4.90 Å². The summed E-state index contributed by atoms with van der Waals surface area (Å²) in [6.45, 7) is 0.230. The van der Waals surface area contributed by atoms with Gasteiger partial charge in [-0.05, 0) is 66.2 Å². The molecule has 5 aromatic rings. The zero-order valence-electron chi connectivity index (χ0n) is 17.7. The van der Waals surface area contributed by atoms with Crippen molar-refractivity contribution in [3.63, 3.8) is 0 Å². The van der Waals surface area contributed by atoms with Crippen molar-refractivity contribution < 1.29 is 19.4 Å². The van der Waals surface area contributed by atoms with Crippen molar-refractivity contribution in [3.8, 4) is 23.0 Å². The predicted octanol–water partition coefficient (Wildman–Crippen LogP) is 5.80. The maximum absolute atomic E-state index is 13.4. The highest BCUT2D eigenvalue weighted by Crippen LogP contribution is 2.30. The standard InChI is InChI=1S/C26H18ClN3O4/c27-18-5-10-24-22(12-18)29-25(34-24)17-3-6-19(7-4-17)30(15-16-2-1-11-28-14-16)26(33)21-9-8-20(31)13-23(21)32/h1-14,31-32H,15H2. The van der Waals surface area contributed by atoms with Gasteiger partial charge in [-0.3, -0.25) is 9.78 Å². The van der Waals surface area contributed by atoms with Crippen LogP contribution in [0.3, 0.4) is 0 Å². The Balaban J connectivity index is 1.50. The lowest BCUT2D eigenvalue weighted by Crippen LogP contribution is -2.30. The van der Waals surface area contributed by atoms with Crippen LogP contribution in [0.25, 0.3) is 22.6 Å². The summed E-state index contributed by atoms with van der Waals surface area (Å²) < 4.78 is 5.83. The van der Waals surface area contributed by atoms with Crippen LogP contribution in [-0.4, -0.2) is 26.1 Å². The average Bonchev–Trinajstić information content (AvgIpc) is 3.26. The Morgan fingerprint density at radius 3 is 2.56 bits per heavy atom. The molecule has 0 saturated carbocycles. The Kier molecular flexibility index (Phi) is 5.61. The maximum atomic E-state index is 13.4. The number of fused-ring (bicyclic) bond motifs is 1. The predicted molar refractivity (Wildman–Crippen MR) is 129 cm³/mol. The number of oxazole rings is 1. The van der Waals surface area contributed by atoms with Crippen LogP contribution in [0.2, 0.25) is 5.02 Å².